The molecule has 23 heavy (non-hydrogen) atoms. The van der Waals surface area contributed by atoms with Crippen LogP contribution < -0.4 is 0 Å². The summed E-state index contributed by atoms with van der Waals surface area (Å²) in [7, 11) is 2.03. The zero-order chi connectivity index (χ0) is 16.6. The van der Waals surface area contributed by atoms with Crippen LogP contribution in [0.15, 0.2) is 22.7 Å². The number of piperazine rings is 1. The highest BCUT2D eigenvalue weighted by molar-refractivity contribution is 9.10. The van der Waals surface area contributed by atoms with Crippen molar-refractivity contribution < 1.29 is 14.4 Å². The van der Waals surface area contributed by atoms with E-state index in [0.29, 0.717) is 24.2 Å². The molecule has 6 nitrogen and oxygen atoms in total. The van der Waals surface area contributed by atoms with Crippen molar-refractivity contribution in [2.45, 2.75) is 6.42 Å². The zero-order valence-electron chi connectivity index (χ0n) is 12.9. The van der Waals surface area contributed by atoms with Gasteiger partial charge in [-0.05, 0) is 25.2 Å². The molecule has 3 amide bonds. The van der Waals surface area contributed by atoms with E-state index >= 15 is 0 Å². The Morgan fingerprint density at radius 1 is 1.09 bits per heavy atom. The van der Waals surface area contributed by atoms with Crippen LogP contribution in [0.5, 0.6) is 0 Å². The summed E-state index contributed by atoms with van der Waals surface area (Å²) >= 11 is 3.30. The molecule has 0 bridgehead atoms. The molecule has 0 radical (unpaired) electrons. The summed E-state index contributed by atoms with van der Waals surface area (Å²) in [5, 5.41) is 0. The number of rotatable bonds is 3. The van der Waals surface area contributed by atoms with Gasteiger partial charge >= 0.3 is 0 Å². The van der Waals surface area contributed by atoms with Crippen molar-refractivity contribution in [2.75, 3.05) is 39.8 Å². The molecule has 2 aliphatic rings. The van der Waals surface area contributed by atoms with Crippen LogP contribution in [0, 0.1) is 0 Å². The standard InChI is InChI=1S/C16H18BrN3O3/c1-18-6-8-19(9-7-18)14(21)4-5-20-15(22)12-3-2-11(17)10-13(12)16(20)23/h2-3,10H,4-9H2,1H3. The van der Waals surface area contributed by atoms with Crippen LogP contribution in [0.1, 0.15) is 27.1 Å². The Bertz CT molecular complexity index is 669. The lowest BCUT2D eigenvalue weighted by molar-refractivity contribution is -0.132. The number of amides is 3. The SMILES string of the molecule is CN1CCN(C(=O)CCN2C(=O)c3ccc(Br)cc3C2=O)CC1. The first-order valence-electron chi connectivity index (χ1n) is 7.59. The van der Waals surface area contributed by atoms with Crippen molar-refractivity contribution in [1.29, 1.82) is 0 Å². The number of hydrogen-bond donors (Lipinski definition) is 0. The van der Waals surface area contributed by atoms with Crippen LogP contribution in [0.2, 0.25) is 0 Å². The van der Waals surface area contributed by atoms with Gasteiger partial charge in [0.1, 0.15) is 0 Å². The van der Waals surface area contributed by atoms with E-state index in [1.165, 1.54) is 4.90 Å². The second-order valence-corrected chi connectivity index (χ2v) is 6.80. The fourth-order valence-electron chi connectivity index (χ4n) is 2.89. The number of imide groups is 1. The molecule has 3 rings (SSSR count). The lowest BCUT2D eigenvalue weighted by atomic mass is 10.1. The molecule has 0 spiro atoms. The van der Waals surface area contributed by atoms with E-state index in [1.54, 1.807) is 23.1 Å². The molecule has 1 saturated heterocycles. The van der Waals surface area contributed by atoms with Crippen LogP contribution in [0.3, 0.4) is 0 Å². The first kappa shape index (κ1) is 16.1. The third kappa shape index (κ3) is 3.16. The Hall–Kier alpha value is -1.73. The van der Waals surface area contributed by atoms with Gasteiger partial charge in [-0.3, -0.25) is 19.3 Å². The Morgan fingerprint density at radius 3 is 2.43 bits per heavy atom. The molecule has 0 saturated carbocycles. The predicted molar refractivity (Wildman–Crippen MR) is 88.2 cm³/mol. The molecule has 7 heteroatoms. The third-order valence-electron chi connectivity index (χ3n) is 4.34. The van der Waals surface area contributed by atoms with Crippen LogP contribution >= 0.6 is 15.9 Å². The van der Waals surface area contributed by atoms with Crippen LogP contribution in [-0.2, 0) is 4.79 Å². The second-order valence-electron chi connectivity index (χ2n) is 5.89. The second kappa shape index (κ2) is 6.41. The Kier molecular flexibility index (Phi) is 4.50. The number of fused-ring (bicyclic) bond motifs is 1. The first-order valence-corrected chi connectivity index (χ1v) is 8.39. The maximum absolute atomic E-state index is 12.3. The van der Waals surface area contributed by atoms with Gasteiger partial charge in [0.2, 0.25) is 5.91 Å². The molecule has 1 aromatic carbocycles. The molecule has 1 aromatic rings. The van der Waals surface area contributed by atoms with Crippen LogP contribution in [-0.4, -0.2) is 72.2 Å². The maximum Gasteiger partial charge on any atom is 0.261 e. The van der Waals surface area contributed by atoms with E-state index in [1.807, 2.05) is 7.05 Å². The number of carbonyl (C=O) groups excluding carboxylic acids is 3. The quantitative estimate of drug-likeness (QED) is 0.740. The highest BCUT2D eigenvalue weighted by Gasteiger charge is 2.35. The van der Waals surface area contributed by atoms with Gasteiger partial charge in [-0.25, -0.2) is 0 Å². The third-order valence-corrected chi connectivity index (χ3v) is 4.83. The van der Waals surface area contributed by atoms with Crippen molar-refractivity contribution in [2.24, 2.45) is 0 Å². The van der Waals surface area contributed by atoms with E-state index in [2.05, 4.69) is 20.8 Å². The minimum Gasteiger partial charge on any atom is -0.340 e. The van der Waals surface area contributed by atoms with Gasteiger partial charge in [0.05, 0.1) is 11.1 Å². The molecular formula is C16H18BrN3O3. The fourth-order valence-corrected chi connectivity index (χ4v) is 3.25. The molecule has 0 atom stereocenters. The van der Waals surface area contributed by atoms with Gasteiger partial charge in [0, 0.05) is 43.6 Å². The highest BCUT2D eigenvalue weighted by atomic mass is 79.9. The van der Waals surface area contributed by atoms with Crippen molar-refractivity contribution >= 4 is 33.7 Å². The van der Waals surface area contributed by atoms with Crippen molar-refractivity contribution in [3.63, 3.8) is 0 Å². The Balaban J connectivity index is 1.62. The number of benzene rings is 1. The van der Waals surface area contributed by atoms with Crippen molar-refractivity contribution in [3.05, 3.63) is 33.8 Å². The smallest absolute Gasteiger partial charge is 0.261 e. The zero-order valence-corrected chi connectivity index (χ0v) is 14.5. The molecule has 2 heterocycles. The highest BCUT2D eigenvalue weighted by Crippen LogP contribution is 2.26. The maximum atomic E-state index is 12.3. The van der Waals surface area contributed by atoms with E-state index in [0.717, 1.165) is 17.6 Å². The van der Waals surface area contributed by atoms with Gasteiger partial charge in [-0.1, -0.05) is 15.9 Å². The van der Waals surface area contributed by atoms with E-state index < -0.39 is 0 Å². The monoisotopic (exact) mass is 379 g/mol. The molecule has 0 aliphatic carbocycles. The number of hydrogen-bond acceptors (Lipinski definition) is 4. The summed E-state index contributed by atoms with van der Waals surface area (Å²) in [6.45, 7) is 3.24. The van der Waals surface area contributed by atoms with E-state index in [-0.39, 0.29) is 30.7 Å². The first-order chi connectivity index (χ1) is 11.0. The average Bonchev–Trinajstić information content (AvgIpc) is 2.77. The normalized spacial score (nSPS) is 18.5. The van der Waals surface area contributed by atoms with Crippen LogP contribution in [0.25, 0.3) is 0 Å². The van der Waals surface area contributed by atoms with Gasteiger partial charge in [0.15, 0.2) is 0 Å². The lowest BCUT2D eigenvalue weighted by Gasteiger charge is -2.32. The van der Waals surface area contributed by atoms with E-state index in [9.17, 15) is 14.4 Å². The average molecular weight is 380 g/mol. The molecule has 1 fully saturated rings. The topological polar surface area (TPSA) is 60.9 Å². The van der Waals surface area contributed by atoms with Crippen molar-refractivity contribution in [1.82, 2.24) is 14.7 Å². The molecule has 0 N–H and O–H groups in total. The number of halogens is 1. The summed E-state index contributed by atoms with van der Waals surface area (Å²) in [5.41, 5.74) is 0.807. The largest absolute Gasteiger partial charge is 0.340 e. The number of carbonyl (C=O) groups is 3. The molecular weight excluding hydrogens is 362 g/mol. The molecule has 0 aromatic heterocycles. The molecule has 2 aliphatic heterocycles. The van der Waals surface area contributed by atoms with Crippen LogP contribution in [0.4, 0.5) is 0 Å². The minimum atomic E-state index is -0.322. The lowest BCUT2D eigenvalue weighted by Crippen LogP contribution is -2.47. The summed E-state index contributed by atoms with van der Waals surface area (Å²) in [6.07, 6.45) is 0.177. The van der Waals surface area contributed by atoms with Gasteiger partial charge < -0.3 is 9.80 Å². The minimum absolute atomic E-state index is 0.00385. The Labute approximate surface area is 143 Å². The Morgan fingerprint density at radius 2 is 1.74 bits per heavy atom. The number of likely N-dealkylation sites (N-methyl/N-ethyl adjacent to an activating group) is 1. The van der Waals surface area contributed by atoms with Crippen molar-refractivity contribution in [3.8, 4) is 0 Å². The number of nitrogens with zero attached hydrogens (tertiary/aromatic N) is 3. The molecule has 122 valence electrons. The van der Waals surface area contributed by atoms with E-state index in [4.69, 9.17) is 0 Å². The summed E-state index contributed by atoms with van der Waals surface area (Å²) in [4.78, 5) is 42.0. The fraction of sp³-hybridized carbons (Fsp3) is 0.438. The molecule has 0 unspecified atom stereocenters. The van der Waals surface area contributed by atoms with Gasteiger partial charge in [-0.2, -0.15) is 0 Å². The summed E-state index contributed by atoms with van der Waals surface area (Å²) < 4.78 is 0.757. The van der Waals surface area contributed by atoms with Gasteiger partial charge in [0.25, 0.3) is 11.8 Å². The van der Waals surface area contributed by atoms with Gasteiger partial charge in [-0.15, -0.1) is 0 Å². The predicted octanol–water partition coefficient (Wildman–Crippen LogP) is 1.21. The summed E-state index contributed by atoms with van der Waals surface area (Å²) in [6, 6.07) is 5.03. The summed E-state index contributed by atoms with van der Waals surface area (Å²) in [5.74, 6) is -0.642.